The number of hydrogen-bond donors (Lipinski definition) is 1. The lowest BCUT2D eigenvalue weighted by Gasteiger charge is -2.32. The van der Waals surface area contributed by atoms with Gasteiger partial charge in [0, 0.05) is 32.4 Å². The van der Waals surface area contributed by atoms with Gasteiger partial charge in [0.2, 0.25) is 0 Å². The summed E-state index contributed by atoms with van der Waals surface area (Å²) < 4.78 is 1.81. The molecule has 118 valence electrons. The molecule has 4 nitrogen and oxygen atoms in total. The molecule has 2 aliphatic rings. The molecule has 0 atom stereocenters. The van der Waals surface area contributed by atoms with Gasteiger partial charge in [-0.15, -0.1) is 12.4 Å². The van der Waals surface area contributed by atoms with Crippen molar-refractivity contribution in [3.8, 4) is 0 Å². The van der Waals surface area contributed by atoms with Crippen LogP contribution >= 0.6 is 24.0 Å². The van der Waals surface area contributed by atoms with Gasteiger partial charge in [0.15, 0.2) is 0 Å². The van der Waals surface area contributed by atoms with Crippen molar-refractivity contribution in [1.82, 2.24) is 14.8 Å². The zero-order valence-corrected chi connectivity index (χ0v) is 13.9. The highest BCUT2D eigenvalue weighted by Gasteiger charge is 2.27. The molecule has 1 aliphatic carbocycles. The standard InChI is InChI=1S/C15H22ClN3O.ClH/c1-18-10-12(16)8-14(18)15(20)19-6-4-13(5-7-19)17-9-11-2-3-11;/h8,10-11,13,17H,2-7,9H2,1H3;1H. The number of nitrogens with zero attached hydrogens (tertiary/aromatic N) is 2. The van der Waals surface area contributed by atoms with E-state index >= 15 is 0 Å². The van der Waals surface area contributed by atoms with Crippen LogP contribution in [0.4, 0.5) is 0 Å². The fraction of sp³-hybridized carbons (Fsp3) is 0.667. The summed E-state index contributed by atoms with van der Waals surface area (Å²) >= 11 is 5.95. The van der Waals surface area contributed by atoms with Gasteiger partial charge in [0.05, 0.1) is 5.02 Å². The second-order valence-electron chi connectivity index (χ2n) is 6.07. The summed E-state index contributed by atoms with van der Waals surface area (Å²) in [6.07, 6.45) is 6.66. The van der Waals surface area contributed by atoms with Crippen LogP contribution in [0, 0.1) is 5.92 Å². The van der Waals surface area contributed by atoms with Crippen LogP contribution in [0.2, 0.25) is 5.02 Å². The summed E-state index contributed by atoms with van der Waals surface area (Å²) in [6, 6.07) is 2.33. The lowest BCUT2D eigenvalue weighted by molar-refractivity contribution is 0.0695. The molecule has 1 N–H and O–H groups in total. The van der Waals surface area contributed by atoms with Crippen molar-refractivity contribution >= 4 is 29.9 Å². The average molecular weight is 332 g/mol. The number of nitrogens with one attached hydrogen (secondary N) is 1. The van der Waals surface area contributed by atoms with Crippen molar-refractivity contribution in [2.75, 3.05) is 19.6 Å². The Kier molecular flexibility index (Phi) is 5.58. The maximum Gasteiger partial charge on any atom is 0.270 e. The van der Waals surface area contributed by atoms with Crippen molar-refractivity contribution in [3.63, 3.8) is 0 Å². The molecule has 0 aromatic carbocycles. The molecule has 1 aromatic rings. The molecule has 0 unspecified atom stereocenters. The Bertz CT molecular complexity index is 491. The first-order valence-corrected chi connectivity index (χ1v) is 7.86. The first-order valence-electron chi connectivity index (χ1n) is 7.48. The molecule has 3 rings (SSSR count). The Morgan fingerprint density at radius 3 is 2.52 bits per heavy atom. The lowest BCUT2D eigenvalue weighted by Crippen LogP contribution is -2.45. The number of likely N-dealkylation sites (tertiary alicyclic amines) is 1. The molecule has 2 heterocycles. The van der Waals surface area contributed by atoms with Crippen LogP contribution in [0.25, 0.3) is 0 Å². The highest BCUT2D eigenvalue weighted by Crippen LogP contribution is 2.28. The van der Waals surface area contributed by atoms with Crippen LogP contribution in [0.5, 0.6) is 0 Å². The third-order valence-corrected chi connectivity index (χ3v) is 4.57. The number of halogens is 2. The molecule has 6 heteroatoms. The third kappa shape index (κ3) is 4.15. The van der Waals surface area contributed by atoms with Gasteiger partial charge in [-0.1, -0.05) is 11.6 Å². The molecule has 1 aliphatic heterocycles. The number of hydrogen-bond acceptors (Lipinski definition) is 2. The Morgan fingerprint density at radius 1 is 1.33 bits per heavy atom. The minimum absolute atomic E-state index is 0. The molecular weight excluding hydrogens is 309 g/mol. The molecule has 2 fully saturated rings. The minimum atomic E-state index is 0. The van der Waals surface area contributed by atoms with E-state index in [2.05, 4.69) is 5.32 Å². The first kappa shape index (κ1) is 16.7. The predicted molar refractivity (Wildman–Crippen MR) is 87.3 cm³/mol. The van der Waals surface area contributed by atoms with Gasteiger partial charge < -0.3 is 14.8 Å². The highest BCUT2D eigenvalue weighted by atomic mass is 35.5. The van der Waals surface area contributed by atoms with Crippen LogP contribution < -0.4 is 5.32 Å². The maximum absolute atomic E-state index is 12.4. The minimum Gasteiger partial charge on any atom is -0.345 e. The summed E-state index contributed by atoms with van der Waals surface area (Å²) in [6.45, 7) is 2.83. The topological polar surface area (TPSA) is 37.3 Å². The number of rotatable bonds is 4. The van der Waals surface area contributed by atoms with E-state index in [1.54, 1.807) is 12.3 Å². The van der Waals surface area contributed by atoms with E-state index in [9.17, 15) is 4.79 Å². The van der Waals surface area contributed by atoms with Crippen molar-refractivity contribution in [1.29, 1.82) is 0 Å². The van der Waals surface area contributed by atoms with Gasteiger partial charge in [-0.2, -0.15) is 0 Å². The number of amides is 1. The highest BCUT2D eigenvalue weighted by molar-refractivity contribution is 6.31. The summed E-state index contributed by atoms with van der Waals surface area (Å²) in [5.41, 5.74) is 0.680. The number of aryl methyl sites for hydroxylation is 1. The van der Waals surface area contributed by atoms with Crippen molar-refractivity contribution in [2.45, 2.75) is 31.7 Å². The predicted octanol–water partition coefficient (Wildman–Crippen LogP) is 2.70. The van der Waals surface area contributed by atoms with Crippen LogP contribution in [0.1, 0.15) is 36.2 Å². The van der Waals surface area contributed by atoms with Gasteiger partial charge in [-0.05, 0) is 44.2 Å². The van der Waals surface area contributed by atoms with E-state index in [1.165, 1.54) is 12.8 Å². The number of piperidine rings is 1. The number of aromatic nitrogens is 1. The van der Waals surface area contributed by atoms with Gasteiger partial charge in [-0.25, -0.2) is 0 Å². The Morgan fingerprint density at radius 2 is 2.00 bits per heavy atom. The van der Waals surface area contributed by atoms with Crippen LogP contribution in [-0.2, 0) is 7.05 Å². The zero-order valence-electron chi connectivity index (χ0n) is 12.3. The fourth-order valence-electron chi connectivity index (χ4n) is 2.84. The Labute approximate surface area is 137 Å². The van der Waals surface area contributed by atoms with Crippen molar-refractivity contribution in [2.24, 2.45) is 13.0 Å². The summed E-state index contributed by atoms with van der Waals surface area (Å²) in [5.74, 6) is 1.01. The summed E-state index contributed by atoms with van der Waals surface area (Å²) in [7, 11) is 1.86. The van der Waals surface area contributed by atoms with Crippen LogP contribution in [-0.4, -0.2) is 41.1 Å². The smallest absolute Gasteiger partial charge is 0.270 e. The lowest BCUT2D eigenvalue weighted by atomic mass is 10.0. The summed E-state index contributed by atoms with van der Waals surface area (Å²) in [5, 5.41) is 4.26. The van der Waals surface area contributed by atoms with Crippen molar-refractivity contribution in [3.05, 3.63) is 23.0 Å². The second-order valence-corrected chi connectivity index (χ2v) is 6.51. The molecule has 0 radical (unpaired) electrons. The maximum atomic E-state index is 12.4. The Hall–Kier alpha value is -0.710. The number of carbonyl (C=O) groups excluding carboxylic acids is 1. The molecule has 1 saturated heterocycles. The third-order valence-electron chi connectivity index (χ3n) is 4.36. The van der Waals surface area contributed by atoms with Gasteiger partial charge in [-0.3, -0.25) is 4.79 Å². The summed E-state index contributed by atoms with van der Waals surface area (Å²) in [4.78, 5) is 14.4. The van der Waals surface area contributed by atoms with E-state index in [0.29, 0.717) is 16.8 Å². The van der Waals surface area contributed by atoms with E-state index in [-0.39, 0.29) is 18.3 Å². The normalized spacial score (nSPS) is 19.4. The molecule has 21 heavy (non-hydrogen) atoms. The zero-order chi connectivity index (χ0) is 14.1. The largest absolute Gasteiger partial charge is 0.345 e. The average Bonchev–Trinajstić information content (AvgIpc) is 3.21. The first-order chi connectivity index (χ1) is 9.63. The molecule has 1 saturated carbocycles. The van der Waals surface area contributed by atoms with Crippen molar-refractivity contribution < 1.29 is 4.79 Å². The second kappa shape index (κ2) is 7.03. The van der Waals surface area contributed by atoms with Gasteiger partial charge in [0.25, 0.3) is 5.91 Å². The molecule has 1 aromatic heterocycles. The van der Waals surface area contributed by atoms with E-state index in [0.717, 1.165) is 38.4 Å². The van der Waals surface area contributed by atoms with E-state index in [4.69, 9.17) is 11.6 Å². The molecular formula is C15H23Cl2N3O. The van der Waals surface area contributed by atoms with Gasteiger partial charge >= 0.3 is 0 Å². The fourth-order valence-corrected chi connectivity index (χ4v) is 3.09. The van der Waals surface area contributed by atoms with E-state index < -0.39 is 0 Å². The quantitative estimate of drug-likeness (QED) is 0.921. The Balaban J connectivity index is 0.00000161. The van der Waals surface area contributed by atoms with Crippen LogP contribution in [0.3, 0.4) is 0 Å². The van der Waals surface area contributed by atoms with Gasteiger partial charge in [0.1, 0.15) is 5.69 Å². The SMILES string of the molecule is Cl.Cn1cc(Cl)cc1C(=O)N1CCC(NCC2CC2)CC1. The van der Waals surface area contributed by atoms with E-state index in [1.807, 2.05) is 16.5 Å². The molecule has 0 spiro atoms. The molecule has 0 bridgehead atoms. The monoisotopic (exact) mass is 331 g/mol. The number of carbonyl (C=O) groups is 1. The molecule has 1 amide bonds. The van der Waals surface area contributed by atoms with Crippen LogP contribution in [0.15, 0.2) is 12.3 Å².